The van der Waals surface area contributed by atoms with E-state index < -0.39 is 0 Å². The Morgan fingerprint density at radius 3 is 2.32 bits per heavy atom. The Morgan fingerprint density at radius 2 is 1.68 bits per heavy atom. The third-order valence-corrected chi connectivity index (χ3v) is 4.42. The average molecular weight is 308 g/mol. The molecule has 2 aromatic heterocycles. The molecule has 0 fully saturated rings. The Kier molecular flexibility index (Phi) is 3.86. The first kappa shape index (κ1) is 14.6. The summed E-state index contributed by atoms with van der Waals surface area (Å²) in [5, 5.41) is 2.47. The van der Waals surface area contributed by atoms with Crippen molar-refractivity contribution < 1.29 is 4.79 Å². The highest BCUT2D eigenvalue weighted by molar-refractivity contribution is 7.12. The minimum Gasteiger partial charge on any atom is -0.286 e. The minimum absolute atomic E-state index is 0.0546. The van der Waals surface area contributed by atoms with Crippen molar-refractivity contribution in [3.63, 3.8) is 0 Å². The number of pyridine rings is 1. The number of ketones is 1. The van der Waals surface area contributed by atoms with Crippen LogP contribution >= 0.6 is 11.3 Å². The van der Waals surface area contributed by atoms with Crippen LogP contribution in [0.3, 0.4) is 0 Å². The maximum Gasteiger partial charge on any atom is 0.221 e. The predicted octanol–water partition coefficient (Wildman–Crippen LogP) is 4.36. The second-order valence-corrected chi connectivity index (χ2v) is 6.23. The molecule has 0 atom stereocenters. The highest BCUT2D eigenvalue weighted by atomic mass is 32.1. The quantitative estimate of drug-likeness (QED) is 0.675. The van der Waals surface area contributed by atoms with Gasteiger partial charge in [-0.15, -0.1) is 11.3 Å². The molecule has 0 radical (unpaired) electrons. The summed E-state index contributed by atoms with van der Waals surface area (Å²) >= 11 is 1.39. The average Bonchev–Trinajstić information content (AvgIpc) is 2.96. The van der Waals surface area contributed by atoms with E-state index in [2.05, 4.69) is 42.9 Å². The molecule has 3 aromatic rings. The Bertz CT molecular complexity index is 814. The summed E-state index contributed by atoms with van der Waals surface area (Å²) in [4.78, 5) is 20.9. The molecule has 22 heavy (non-hydrogen) atoms. The van der Waals surface area contributed by atoms with Crippen LogP contribution in [0.2, 0.25) is 0 Å². The van der Waals surface area contributed by atoms with Gasteiger partial charge in [0.05, 0.1) is 5.69 Å². The van der Waals surface area contributed by atoms with Crippen molar-refractivity contribution in [3.8, 4) is 11.3 Å². The van der Waals surface area contributed by atoms with E-state index in [1.807, 2.05) is 5.38 Å². The summed E-state index contributed by atoms with van der Waals surface area (Å²) in [5.74, 6) is -0.0546. The second-order valence-electron chi connectivity index (χ2n) is 5.38. The molecule has 0 aliphatic carbocycles. The molecule has 0 N–H and O–H groups in total. The van der Waals surface area contributed by atoms with Gasteiger partial charge in [0, 0.05) is 28.9 Å². The Morgan fingerprint density at radius 1 is 1.05 bits per heavy atom. The van der Waals surface area contributed by atoms with E-state index in [0.717, 1.165) is 11.3 Å². The van der Waals surface area contributed by atoms with Crippen molar-refractivity contribution in [2.24, 2.45) is 0 Å². The fraction of sp³-hybridized carbons (Fsp3) is 0.167. The van der Waals surface area contributed by atoms with Crippen molar-refractivity contribution in [2.45, 2.75) is 20.8 Å². The first-order valence-corrected chi connectivity index (χ1v) is 7.92. The lowest BCUT2D eigenvalue weighted by molar-refractivity contribution is 0.103. The molecule has 0 unspecified atom stereocenters. The normalized spacial score (nSPS) is 10.7. The largest absolute Gasteiger partial charge is 0.286 e. The lowest BCUT2D eigenvalue weighted by Gasteiger charge is -2.08. The predicted molar refractivity (Wildman–Crippen MR) is 89.4 cm³/mol. The van der Waals surface area contributed by atoms with Gasteiger partial charge < -0.3 is 0 Å². The number of aromatic nitrogens is 2. The number of aryl methyl sites for hydroxylation is 3. The van der Waals surface area contributed by atoms with Gasteiger partial charge in [-0.25, -0.2) is 4.98 Å². The molecule has 1 aromatic carbocycles. The van der Waals surface area contributed by atoms with Crippen LogP contribution in [-0.2, 0) is 0 Å². The summed E-state index contributed by atoms with van der Waals surface area (Å²) in [6.07, 6.45) is 3.24. The Hall–Kier alpha value is -2.33. The van der Waals surface area contributed by atoms with Crippen LogP contribution in [0.25, 0.3) is 11.3 Å². The van der Waals surface area contributed by atoms with Gasteiger partial charge >= 0.3 is 0 Å². The number of hydrogen-bond acceptors (Lipinski definition) is 4. The number of hydrogen-bond donors (Lipinski definition) is 0. The fourth-order valence-corrected chi connectivity index (χ4v) is 3.47. The summed E-state index contributed by atoms with van der Waals surface area (Å²) < 4.78 is 0. The third-order valence-electron chi connectivity index (χ3n) is 3.57. The molecular formula is C18H16N2OS. The van der Waals surface area contributed by atoms with Gasteiger partial charge in [0.25, 0.3) is 0 Å². The fourth-order valence-electron chi connectivity index (χ4n) is 2.70. The van der Waals surface area contributed by atoms with Gasteiger partial charge in [-0.3, -0.25) is 9.78 Å². The third kappa shape index (κ3) is 2.70. The lowest BCUT2D eigenvalue weighted by Crippen LogP contribution is -2.01. The van der Waals surface area contributed by atoms with Crippen LogP contribution in [-0.4, -0.2) is 15.8 Å². The molecule has 2 heterocycles. The van der Waals surface area contributed by atoms with Crippen molar-refractivity contribution >= 4 is 17.1 Å². The highest BCUT2D eigenvalue weighted by Gasteiger charge is 2.16. The number of carbonyl (C=O) groups excluding carboxylic acids is 1. The molecule has 0 aliphatic heterocycles. The Balaban J connectivity index is 2.00. The van der Waals surface area contributed by atoms with Gasteiger partial charge in [0.15, 0.2) is 5.01 Å². The first-order valence-electron chi connectivity index (χ1n) is 7.04. The van der Waals surface area contributed by atoms with Crippen molar-refractivity contribution in [1.82, 2.24) is 9.97 Å². The first-order chi connectivity index (χ1) is 10.6. The van der Waals surface area contributed by atoms with Gasteiger partial charge in [0.1, 0.15) is 0 Å². The molecule has 4 heteroatoms. The van der Waals surface area contributed by atoms with E-state index in [9.17, 15) is 4.79 Å². The zero-order chi connectivity index (χ0) is 15.7. The van der Waals surface area contributed by atoms with E-state index >= 15 is 0 Å². The molecule has 0 saturated carbocycles. The van der Waals surface area contributed by atoms with Crippen LogP contribution in [0, 0.1) is 20.8 Å². The van der Waals surface area contributed by atoms with Crippen LogP contribution in [0.1, 0.15) is 32.1 Å². The van der Waals surface area contributed by atoms with Gasteiger partial charge in [-0.05, 0) is 44.0 Å². The number of thiazole rings is 1. The minimum atomic E-state index is -0.0546. The monoisotopic (exact) mass is 308 g/mol. The highest BCUT2D eigenvalue weighted by Crippen LogP contribution is 2.30. The van der Waals surface area contributed by atoms with Crippen LogP contribution in [0.5, 0.6) is 0 Å². The number of rotatable bonds is 3. The van der Waals surface area contributed by atoms with E-state index in [1.54, 1.807) is 24.5 Å². The molecule has 3 rings (SSSR count). The zero-order valence-electron chi connectivity index (χ0n) is 12.8. The zero-order valence-corrected chi connectivity index (χ0v) is 13.6. The number of nitrogens with zero attached hydrogens (tertiary/aromatic N) is 2. The van der Waals surface area contributed by atoms with E-state index in [4.69, 9.17) is 0 Å². The number of benzene rings is 1. The van der Waals surface area contributed by atoms with E-state index in [0.29, 0.717) is 10.6 Å². The Labute approximate surface area is 133 Å². The van der Waals surface area contributed by atoms with E-state index in [-0.39, 0.29) is 5.78 Å². The van der Waals surface area contributed by atoms with Gasteiger partial charge in [-0.1, -0.05) is 17.7 Å². The van der Waals surface area contributed by atoms with Gasteiger partial charge in [-0.2, -0.15) is 0 Å². The summed E-state index contributed by atoms with van der Waals surface area (Å²) in [5.41, 5.74) is 6.22. The molecule has 0 aliphatic rings. The molecule has 0 saturated heterocycles. The van der Waals surface area contributed by atoms with Crippen molar-refractivity contribution in [3.05, 3.63) is 69.3 Å². The summed E-state index contributed by atoms with van der Waals surface area (Å²) in [6, 6.07) is 7.72. The molecular weight excluding hydrogens is 292 g/mol. The molecule has 110 valence electrons. The standard InChI is InChI=1S/C18H16N2OS/c1-11-8-12(2)16(13(3)9-11)15-10-22-18(20-15)17(21)14-4-6-19-7-5-14/h4-10H,1-3H3. The maximum absolute atomic E-state index is 12.4. The number of carbonyl (C=O) groups is 1. The topological polar surface area (TPSA) is 42.9 Å². The molecule has 3 nitrogen and oxygen atoms in total. The smallest absolute Gasteiger partial charge is 0.221 e. The van der Waals surface area contributed by atoms with Crippen LogP contribution in [0.15, 0.2) is 42.0 Å². The maximum atomic E-state index is 12.4. The molecule has 0 amide bonds. The lowest BCUT2D eigenvalue weighted by atomic mass is 9.98. The van der Waals surface area contributed by atoms with Crippen molar-refractivity contribution in [1.29, 1.82) is 0 Å². The summed E-state index contributed by atoms with van der Waals surface area (Å²) in [6.45, 7) is 6.25. The molecule has 0 bridgehead atoms. The second kappa shape index (κ2) is 5.81. The van der Waals surface area contributed by atoms with Gasteiger partial charge in [0.2, 0.25) is 5.78 Å². The summed E-state index contributed by atoms with van der Waals surface area (Å²) in [7, 11) is 0. The van der Waals surface area contributed by atoms with E-state index in [1.165, 1.54) is 28.0 Å². The SMILES string of the molecule is Cc1cc(C)c(-c2csc(C(=O)c3ccncc3)n2)c(C)c1. The van der Waals surface area contributed by atoms with Crippen LogP contribution in [0.4, 0.5) is 0 Å². The molecule has 0 spiro atoms. The van der Waals surface area contributed by atoms with Crippen LogP contribution < -0.4 is 0 Å². The van der Waals surface area contributed by atoms with Crippen molar-refractivity contribution in [2.75, 3.05) is 0 Å².